The Hall–Kier alpha value is -6.61. The van der Waals surface area contributed by atoms with E-state index in [0.717, 1.165) is 38.9 Å². The largest absolute Gasteiger partial charge is 0.489 e. The van der Waals surface area contributed by atoms with Gasteiger partial charge in [-0.25, -0.2) is 15.0 Å². The van der Waals surface area contributed by atoms with Crippen LogP contribution in [0.1, 0.15) is 101 Å². The number of nitriles is 1. The van der Waals surface area contributed by atoms with Gasteiger partial charge in [-0.15, -0.1) is 11.3 Å². The smallest absolute Gasteiger partial charge is 0.253 e. The average Bonchev–Trinajstić information content (AvgIpc) is 3.98. The number of nitrogens with one attached hydrogen (secondary N) is 3. The number of benzene rings is 2. The van der Waals surface area contributed by atoms with Crippen LogP contribution in [0.3, 0.4) is 0 Å². The number of hydrogen-bond donors (Lipinski definition) is 4. The van der Waals surface area contributed by atoms with Crippen molar-refractivity contribution in [1.29, 1.82) is 5.26 Å². The molecule has 1 saturated carbocycles. The number of ether oxygens (including phenoxy) is 1. The summed E-state index contributed by atoms with van der Waals surface area (Å²) in [5.74, 6) is 0.681. The number of amides is 4. The van der Waals surface area contributed by atoms with Crippen LogP contribution in [0.25, 0.3) is 10.4 Å². The van der Waals surface area contributed by atoms with Crippen LogP contribution in [0.15, 0.2) is 84.6 Å². The van der Waals surface area contributed by atoms with Crippen LogP contribution in [0.5, 0.6) is 5.75 Å². The number of carbonyl (C=O) groups is 4. The number of aryl methyl sites for hydroxylation is 1. The maximum absolute atomic E-state index is 14.3. The van der Waals surface area contributed by atoms with Crippen molar-refractivity contribution in [3.05, 3.63) is 118 Å². The molecule has 0 unspecified atom stereocenters. The summed E-state index contributed by atoms with van der Waals surface area (Å²) in [4.78, 5) is 76.0. The third kappa shape index (κ3) is 11.3. The summed E-state index contributed by atoms with van der Waals surface area (Å²) in [5.41, 5.74) is 4.75. The number of anilines is 2. The molecule has 4 amide bonds. The minimum absolute atomic E-state index is 0.00260. The average molecular weight is 1030 g/mol. The molecule has 3 aliphatic rings. The third-order valence-corrected chi connectivity index (χ3v) is 15.9. The van der Waals surface area contributed by atoms with Gasteiger partial charge in [0.2, 0.25) is 17.7 Å². The molecule has 73 heavy (non-hydrogen) atoms. The number of thiazole rings is 1. The fourth-order valence-electron chi connectivity index (χ4n) is 10.8. The number of rotatable bonds is 14. The minimum Gasteiger partial charge on any atom is -0.489 e. The number of aliphatic hydroxyl groups excluding tert-OH is 1. The summed E-state index contributed by atoms with van der Waals surface area (Å²) in [6.07, 6.45) is 2.26. The normalized spacial score (nSPS) is 21.0. The molecule has 4 atom stereocenters. The van der Waals surface area contributed by atoms with Gasteiger partial charge in [0.25, 0.3) is 5.91 Å². The number of pyridine rings is 2. The molecule has 3 aromatic heterocycles. The second-order valence-electron chi connectivity index (χ2n) is 21.8. The van der Waals surface area contributed by atoms with Crippen LogP contribution >= 0.6 is 22.9 Å². The monoisotopic (exact) mass is 1030 g/mol. The van der Waals surface area contributed by atoms with Gasteiger partial charge in [-0.1, -0.05) is 84.3 Å². The van der Waals surface area contributed by atoms with Crippen molar-refractivity contribution in [2.45, 2.75) is 112 Å². The van der Waals surface area contributed by atoms with Gasteiger partial charge in [-0.2, -0.15) is 5.26 Å². The molecule has 0 radical (unpaired) electrons. The maximum atomic E-state index is 14.3. The van der Waals surface area contributed by atoms with E-state index >= 15 is 0 Å². The number of nitrogens with zero attached hydrogens (tertiary/aromatic N) is 7. The Morgan fingerprint density at radius 1 is 0.918 bits per heavy atom. The SMILES string of the molecule is Cc1ncsc1-c1ccc([C@H](C)NC(=O)[C@@H]2C[C@@H](O)CN2C(=O)[C@@H](NC(=O)Cc2ccnc(N3CCN(c4ccc(C(=O)N[C@H]5C(C)(C)[C@H](Oc6ccc(C#N)c(Cl)c6)C5(C)C)cn4)CC3)c2)C(C)(C)C)cc1. The molecule has 4 N–H and O–H groups in total. The quantitative estimate of drug-likeness (QED) is 0.0866. The molecule has 5 heterocycles. The fourth-order valence-corrected chi connectivity index (χ4v) is 11.9. The lowest BCUT2D eigenvalue weighted by atomic mass is 9.49. The Balaban J connectivity index is 0.826. The van der Waals surface area contributed by atoms with Gasteiger partial charge in [-0.3, -0.25) is 19.2 Å². The highest BCUT2D eigenvalue weighted by molar-refractivity contribution is 7.13. The Morgan fingerprint density at radius 2 is 1.60 bits per heavy atom. The number of aliphatic hydroxyl groups is 1. The second kappa shape index (κ2) is 21.1. The van der Waals surface area contributed by atoms with Gasteiger partial charge in [0.1, 0.15) is 41.6 Å². The molecule has 2 saturated heterocycles. The molecule has 5 aromatic rings. The zero-order valence-electron chi connectivity index (χ0n) is 42.9. The zero-order chi connectivity index (χ0) is 52.6. The number of halogens is 1. The van der Waals surface area contributed by atoms with Crippen molar-refractivity contribution in [3.63, 3.8) is 0 Å². The Morgan fingerprint density at radius 3 is 2.21 bits per heavy atom. The van der Waals surface area contributed by atoms with Gasteiger partial charge in [0.15, 0.2) is 0 Å². The van der Waals surface area contributed by atoms with Crippen molar-refractivity contribution >= 4 is 58.2 Å². The first-order valence-corrected chi connectivity index (χ1v) is 26.0. The summed E-state index contributed by atoms with van der Waals surface area (Å²) >= 11 is 7.84. The summed E-state index contributed by atoms with van der Waals surface area (Å²) in [6, 6.07) is 20.0. The van der Waals surface area contributed by atoms with E-state index in [2.05, 4.69) is 74.5 Å². The molecule has 1 aliphatic carbocycles. The summed E-state index contributed by atoms with van der Waals surface area (Å²) in [5, 5.41) is 29.6. The zero-order valence-corrected chi connectivity index (χ0v) is 44.5. The fraction of sp³-hybridized carbons (Fsp3) is 0.455. The number of carbonyl (C=O) groups excluding carboxylic acids is 4. The lowest BCUT2D eigenvalue weighted by Crippen LogP contribution is -2.74. The second-order valence-corrected chi connectivity index (χ2v) is 23.0. The molecule has 0 bridgehead atoms. The summed E-state index contributed by atoms with van der Waals surface area (Å²) < 4.78 is 6.38. The van der Waals surface area contributed by atoms with Crippen molar-refractivity contribution in [2.75, 3.05) is 42.5 Å². The molecular weight excluding hydrogens is 964 g/mol. The Bertz CT molecular complexity index is 2870. The highest BCUT2D eigenvalue weighted by Gasteiger charge is 2.64. The number of hydrogen-bond acceptors (Lipinski definition) is 13. The van der Waals surface area contributed by atoms with Crippen LogP contribution in [-0.4, -0.2) is 112 Å². The summed E-state index contributed by atoms with van der Waals surface area (Å²) in [6.45, 7) is 20.3. The van der Waals surface area contributed by atoms with E-state index in [1.165, 1.54) is 4.90 Å². The standard InChI is InChI=1S/C55H65ClN10O6S/c1-32(35-10-12-36(13-11-35)46-33(2)60-31-73-46)61-49(70)42-26-39(67)30-66(42)50(71)47(53(3,4)5)62-45(68)25-34-18-19-58-44(24-34)65-22-20-64(21-23-65)43-17-15-38(29-59-43)48(69)63-51-54(6,7)52(55(51,8)9)72-40-16-14-37(28-57)41(56)27-40/h10-19,24,27,29,31-32,39,42,47,51-52,67H,20-23,25-26,30H2,1-9H3,(H,61,70)(H,62,68)(H,63,69)/t32-,39+,42-,47+,51-,52-/m0/s1. The molecule has 16 nitrogen and oxygen atoms in total. The Labute approximate surface area is 436 Å². The number of piperazine rings is 1. The molecule has 384 valence electrons. The lowest BCUT2D eigenvalue weighted by Gasteiger charge is -2.63. The highest BCUT2D eigenvalue weighted by atomic mass is 35.5. The first kappa shape index (κ1) is 52.7. The highest BCUT2D eigenvalue weighted by Crippen LogP contribution is 2.55. The van der Waals surface area contributed by atoms with Crippen LogP contribution in [-0.2, 0) is 20.8 Å². The van der Waals surface area contributed by atoms with E-state index < -0.39 is 40.3 Å². The van der Waals surface area contributed by atoms with E-state index in [-0.39, 0.29) is 55.3 Å². The number of β-amino-alcohol motifs (C(OH)–C–C–N with tert-alkyl or cyclic N) is 1. The first-order valence-electron chi connectivity index (χ1n) is 24.7. The van der Waals surface area contributed by atoms with Crippen LogP contribution in [0.4, 0.5) is 11.6 Å². The predicted octanol–water partition coefficient (Wildman–Crippen LogP) is 7.28. The van der Waals surface area contributed by atoms with Crippen molar-refractivity contribution in [2.24, 2.45) is 16.2 Å². The van der Waals surface area contributed by atoms with Gasteiger partial charge in [0, 0.05) is 74.5 Å². The van der Waals surface area contributed by atoms with Gasteiger partial charge >= 0.3 is 0 Å². The maximum Gasteiger partial charge on any atom is 0.253 e. The first-order chi connectivity index (χ1) is 34.5. The van der Waals surface area contributed by atoms with E-state index in [4.69, 9.17) is 16.3 Å². The number of aromatic nitrogens is 3. The summed E-state index contributed by atoms with van der Waals surface area (Å²) in [7, 11) is 0. The minimum atomic E-state index is -0.968. The van der Waals surface area contributed by atoms with Gasteiger partial charge in [-0.05, 0) is 72.4 Å². The molecule has 3 fully saturated rings. The molecule has 2 aliphatic heterocycles. The van der Waals surface area contributed by atoms with E-state index in [9.17, 15) is 29.5 Å². The molecule has 8 rings (SSSR count). The van der Waals surface area contributed by atoms with Gasteiger partial charge in [0.05, 0.1) is 50.8 Å². The molecule has 0 spiro atoms. The van der Waals surface area contributed by atoms with Crippen molar-refractivity contribution in [1.82, 2.24) is 35.8 Å². The molecular formula is C55H65ClN10O6S. The van der Waals surface area contributed by atoms with E-state index in [1.807, 2.05) is 76.5 Å². The van der Waals surface area contributed by atoms with Crippen LogP contribution < -0.4 is 30.5 Å². The Kier molecular flexibility index (Phi) is 15.2. The third-order valence-electron chi connectivity index (χ3n) is 14.6. The predicted molar refractivity (Wildman–Crippen MR) is 282 cm³/mol. The topological polar surface area (TPSA) is 206 Å². The van der Waals surface area contributed by atoms with Gasteiger partial charge < -0.3 is 40.5 Å². The lowest BCUT2D eigenvalue weighted by molar-refractivity contribution is -0.164. The van der Waals surface area contributed by atoms with Crippen molar-refractivity contribution in [3.8, 4) is 22.3 Å². The van der Waals surface area contributed by atoms with E-state index in [1.54, 1.807) is 54.1 Å². The molecule has 2 aromatic carbocycles. The van der Waals surface area contributed by atoms with Crippen molar-refractivity contribution < 1.29 is 29.0 Å². The molecule has 18 heteroatoms. The van der Waals surface area contributed by atoms with Crippen LogP contribution in [0, 0.1) is 34.5 Å². The van der Waals surface area contributed by atoms with E-state index in [0.29, 0.717) is 48.1 Å². The number of likely N-dealkylation sites (tertiary alicyclic amines) is 1. The van der Waals surface area contributed by atoms with Crippen LogP contribution in [0.2, 0.25) is 5.02 Å².